The first-order valence-corrected chi connectivity index (χ1v) is 8.44. The number of amides is 1. The maximum atomic E-state index is 12.8. The fourth-order valence-corrected chi connectivity index (χ4v) is 3.23. The largest absolute Gasteiger partial charge is 0.336 e. The molecule has 2 heterocycles. The lowest BCUT2D eigenvalue weighted by Crippen LogP contribution is -2.36. The molecule has 1 saturated heterocycles. The highest BCUT2D eigenvalue weighted by atomic mass is 16.2. The molecule has 4 rings (SSSR count). The number of nitrogens with zero attached hydrogens (tertiary/aromatic N) is 3. The van der Waals surface area contributed by atoms with Gasteiger partial charge in [0.2, 0.25) is 5.82 Å². The van der Waals surface area contributed by atoms with Gasteiger partial charge in [-0.25, -0.2) is 9.97 Å². The molecule has 0 aliphatic carbocycles. The highest BCUT2D eigenvalue weighted by Crippen LogP contribution is 2.26. The van der Waals surface area contributed by atoms with Gasteiger partial charge in [0.25, 0.3) is 5.91 Å². The third-order valence-corrected chi connectivity index (χ3v) is 4.49. The van der Waals surface area contributed by atoms with E-state index in [1.807, 2.05) is 59.5 Å². The summed E-state index contributed by atoms with van der Waals surface area (Å²) in [5, 5.41) is 0.971. The van der Waals surface area contributed by atoms with Gasteiger partial charge in [-0.1, -0.05) is 48.5 Å². The van der Waals surface area contributed by atoms with Crippen LogP contribution in [0.4, 0.5) is 0 Å². The average Bonchev–Trinajstić information content (AvgIpc) is 2.68. The first-order valence-electron chi connectivity index (χ1n) is 8.44. The summed E-state index contributed by atoms with van der Waals surface area (Å²) in [5.41, 5.74) is 2.64. The quantitative estimate of drug-likeness (QED) is 0.719. The first-order chi connectivity index (χ1) is 11.8. The number of rotatable bonds is 2. The Balaban J connectivity index is 1.84. The van der Waals surface area contributed by atoms with Gasteiger partial charge in [0.05, 0.1) is 11.2 Å². The molecular formula is C20H19N3O. The van der Waals surface area contributed by atoms with Crippen LogP contribution in [0.25, 0.3) is 22.2 Å². The Kier molecular flexibility index (Phi) is 3.95. The SMILES string of the molecule is O=C(c1nc(-c2ccccc2)c2ccccc2n1)N1CCCCC1. The second kappa shape index (κ2) is 6.40. The first kappa shape index (κ1) is 14.8. The van der Waals surface area contributed by atoms with E-state index in [-0.39, 0.29) is 5.91 Å². The van der Waals surface area contributed by atoms with E-state index in [2.05, 4.69) is 9.97 Å². The Labute approximate surface area is 141 Å². The van der Waals surface area contributed by atoms with Gasteiger partial charge in [0.1, 0.15) is 0 Å². The number of para-hydroxylation sites is 1. The predicted octanol–water partition coefficient (Wildman–Crippen LogP) is 3.92. The molecule has 3 aromatic rings. The third kappa shape index (κ3) is 2.75. The third-order valence-electron chi connectivity index (χ3n) is 4.49. The molecule has 0 saturated carbocycles. The number of piperidine rings is 1. The van der Waals surface area contributed by atoms with Crippen molar-refractivity contribution in [3.05, 3.63) is 60.4 Å². The van der Waals surface area contributed by atoms with Gasteiger partial charge in [-0.2, -0.15) is 0 Å². The molecule has 0 N–H and O–H groups in total. The molecule has 0 unspecified atom stereocenters. The minimum Gasteiger partial charge on any atom is -0.336 e. The zero-order chi connectivity index (χ0) is 16.4. The van der Waals surface area contributed by atoms with E-state index in [4.69, 9.17) is 0 Å². The Morgan fingerprint density at radius 3 is 2.33 bits per heavy atom. The molecule has 0 spiro atoms. The number of hydrogen-bond acceptors (Lipinski definition) is 3. The van der Waals surface area contributed by atoms with E-state index >= 15 is 0 Å². The molecule has 0 radical (unpaired) electrons. The average molecular weight is 317 g/mol. The van der Waals surface area contributed by atoms with Crippen LogP contribution in [-0.2, 0) is 0 Å². The zero-order valence-corrected chi connectivity index (χ0v) is 13.5. The second-order valence-electron chi connectivity index (χ2n) is 6.13. The lowest BCUT2D eigenvalue weighted by molar-refractivity contribution is 0.0712. The van der Waals surface area contributed by atoms with Crippen LogP contribution >= 0.6 is 0 Å². The van der Waals surface area contributed by atoms with Crippen LogP contribution in [0.5, 0.6) is 0 Å². The number of benzene rings is 2. The molecule has 0 atom stereocenters. The number of hydrogen-bond donors (Lipinski definition) is 0. The normalized spacial score (nSPS) is 14.8. The van der Waals surface area contributed by atoms with Gasteiger partial charge >= 0.3 is 0 Å². The lowest BCUT2D eigenvalue weighted by atomic mass is 10.1. The molecule has 4 heteroatoms. The van der Waals surface area contributed by atoms with Crippen LogP contribution < -0.4 is 0 Å². The molecule has 0 bridgehead atoms. The minimum atomic E-state index is -0.0577. The molecule has 1 aromatic heterocycles. The summed E-state index contributed by atoms with van der Waals surface area (Å²) in [5.74, 6) is 0.243. The number of carbonyl (C=O) groups excluding carboxylic acids is 1. The van der Waals surface area contributed by atoms with Crippen LogP contribution in [0.1, 0.15) is 29.9 Å². The van der Waals surface area contributed by atoms with Crippen molar-refractivity contribution in [2.75, 3.05) is 13.1 Å². The summed E-state index contributed by atoms with van der Waals surface area (Å²) in [7, 11) is 0. The summed E-state index contributed by atoms with van der Waals surface area (Å²) in [6.07, 6.45) is 3.31. The molecule has 2 aromatic carbocycles. The van der Waals surface area contributed by atoms with Crippen LogP contribution in [0.2, 0.25) is 0 Å². The molecule has 24 heavy (non-hydrogen) atoms. The van der Waals surface area contributed by atoms with Crippen LogP contribution in [0.15, 0.2) is 54.6 Å². The molecule has 1 amide bonds. The Morgan fingerprint density at radius 1 is 0.833 bits per heavy atom. The Morgan fingerprint density at radius 2 is 1.54 bits per heavy atom. The standard InChI is InChI=1S/C20H19N3O/c24-20(23-13-7-2-8-14-23)19-21-17-12-6-5-11-16(17)18(22-19)15-9-3-1-4-10-15/h1,3-6,9-12H,2,7-8,13-14H2. The summed E-state index contributed by atoms with van der Waals surface area (Å²) < 4.78 is 0. The summed E-state index contributed by atoms with van der Waals surface area (Å²) in [4.78, 5) is 23.9. The van der Waals surface area contributed by atoms with E-state index in [0.29, 0.717) is 5.82 Å². The molecule has 1 aliphatic rings. The lowest BCUT2D eigenvalue weighted by Gasteiger charge is -2.26. The van der Waals surface area contributed by atoms with Gasteiger partial charge in [-0.3, -0.25) is 4.79 Å². The highest BCUT2D eigenvalue weighted by Gasteiger charge is 2.22. The van der Waals surface area contributed by atoms with Crippen LogP contribution in [0, 0.1) is 0 Å². The predicted molar refractivity (Wildman–Crippen MR) is 94.7 cm³/mol. The Hall–Kier alpha value is -2.75. The van der Waals surface area contributed by atoms with Gasteiger partial charge in [-0.05, 0) is 25.3 Å². The number of fused-ring (bicyclic) bond motifs is 1. The van der Waals surface area contributed by atoms with E-state index in [0.717, 1.165) is 48.1 Å². The summed E-state index contributed by atoms with van der Waals surface area (Å²) >= 11 is 0. The van der Waals surface area contributed by atoms with E-state index < -0.39 is 0 Å². The van der Waals surface area contributed by atoms with Gasteiger partial charge in [0.15, 0.2) is 0 Å². The fourth-order valence-electron chi connectivity index (χ4n) is 3.23. The molecule has 4 nitrogen and oxygen atoms in total. The highest BCUT2D eigenvalue weighted by molar-refractivity contribution is 5.97. The van der Waals surface area contributed by atoms with Crippen molar-refractivity contribution in [1.82, 2.24) is 14.9 Å². The van der Waals surface area contributed by atoms with Crippen molar-refractivity contribution in [1.29, 1.82) is 0 Å². The van der Waals surface area contributed by atoms with Crippen molar-refractivity contribution in [2.45, 2.75) is 19.3 Å². The van der Waals surface area contributed by atoms with Gasteiger partial charge < -0.3 is 4.90 Å². The van der Waals surface area contributed by atoms with Gasteiger partial charge in [-0.15, -0.1) is 0 Å². The van der Waals surface area contributed by atoms with Gasteiger partial charge in [0, 0.05) is 24.0 Å². The number of aromatic nitrogens is 2. The molecule has 1 aliphatic heterocycles. The maximum Gasteiger partial charge on any atom is 0.291 e. The van der Waals surface area contributed by atoms with Crippen LogP contribution in [0.3, 0.4) is 0 Å². The maximum absolute atomic E-state index is 12.8. The summed E-state index contributed by atoms with van der Waals surface area (Å²) in [6, 6.07) is 17.9. The van der Waals surface area contributed by atoms with E-state index in [9.17, 15) is 4.79 Å². The number of likely N-dealkylation sites (tertiary alicyclic amines) is 1. The minimum absolute atomic E-state index is 0.0577. The molecule has 1 fully saturated rings. The topological polar surface area (TPSA) is 46.1 Å². The molecule has 120 valence electrons. The summed E-state index contributed by atoms with van der Waals surface area (Å²) in [6.45, 7) is 1.60. The fraction of sp³-hybridized carbons (Fsp3) is 0.250. The van der Waals surface area contributed by atoms with Crippen molar-refractivity contribution >= 4 is 16.8 Å². The van der Waals surface area contributed by atoms with Crippen molar-refractivity contribution in [3.8, 4) is 11.3 Å². The van der Waals surface area contributed by atoms with Crippen LogP contribution in [-0.4, -0.2) is 33.9 Å². The zero-order valence-electron chi connectivity index (χ0n) is 13.5. The Bertz CT molecular complexity index is 870. The second-order valence-corrected chi connectivity index (χ2v) is 6.13. The molecular weight excluding hydrogens is 298 g/mol. The number of carbonyl (C=O) groups is 1. The van der Waals surface area contributed by atoms with E-state index in [1.165, 1.54) is 6.42 Å². The van der Waals surface area contributed by atoms with Crippen molar-refractivity contribution < 1.29 is 4.79 Å². The monoisotopic (exact) mass is 317 g/mol. The van der Waals surface area contributed by atoms with Crippen molar-refractivity contribution in [2.24, 2.45) is 0 Å². The smallest absolute Gasteiger partial charge is 0.291 e. The van der Waals surface area contributed by atoms with Crippen molar-refractivity contribution in [3.63, 3.8) is 0 Å². The van der Waals surface area contributed by atoms with E-state index in [1.54, 1.807) is 0 Å².